The van der Waals surface area contributed by atoms with E-state index in [9.17, 15) is 5.11 Å². The molecule has 5 heteroatoms. The number of hydrogen-bond acceptors (Lipinski definition) is 4. The third-order valence-corrected chi connectivity index (χ3v) is 2.07. The number of furan rings is 1. The van der Waals surface area contributed by atoms with Gasteiger partial charge in [0.2, 0.25) is 0 Å². The Labute approximate surface area is 81.0 Å². The number of aromatic nitrogens is 3. The zero-order valence-corrected chi connectivity index (χ0v) is 7.79. The summed E-state index contributed by atoms with van der Waals surface area (Å²) in [4.78, 5) is 0. The summed E-state index contributed by atoms with van der Waals surface area (Å²) in [7, 11) is 1.74. The van der Waals surface area contributed by atoms with Crippen LogP contribution in [0.5, 0.6) is 0 Å². The normalized spacial score (nSPS) is 13.0. The molecular formula is C9H11N3O2. The van der Waals surface area contributed by atoms with Gasteiger partial charge in [-0.1, -0.05) is 5.21 Å². The van der Waals surface area contributed by atoms with E-state index in [0.29, 0.717) is 12.1 Å². The van der Waals surface area contributed by atoms with Gasteiger partial charge in [-0.2, -0.15) is 0 Å². The van der Waals surface area contributed by atoms with Crippen molar-refractivity contribution in [3.63, 3.8) is 0 Å². The maximum Gasteiger partial charge on any atom is 0.106 e. The fraction of sp³-hybridized carbons (Fsp3) is 0.333. The Morgan fingerprint density at radius 1 is 1.64 bits per heavy atom. The van der Waals surface area contributed by atoms with E-state index in [1.165, 1.54) is 0 Å². The van der Waals surface area contributed by atoms with Crippen molar-refractivity contribution in [3.05, 3.63) is 36.0 Å². The Hall–Kier alpha value is -1.62. The topological polar surface area (TPSA) is 64.1 Å². The van der Waals surface area contributed by atoms with Gasteiger partial charge in [-0.05, 0) is 12.1 Å². The fourth-order valence-corrected chi connectivity index (χ4v) is 1.32. The van der Waals surface area contributed by atoms with Gasteiger partial charge in [0.15, 0.2) is 0 Å². The van der Waals surface area contributed by atoms with E-state index >= 15 is 0 Å². The number of hydrogen-bond donors (Lipinski definition) is 1. The number of aliphatic hydroxyl groups excluding tert-OH is 1. The molecule has 0 spiro atoms. The first-order valence-electron chi connectivity index (χ1n) is 4.32. The van der Waals surface area contributed by atoms with Crippen molar-refractivity contribution >= 4 is 0 Å². The molecule has 2 aromatic rings. The molecule has 2 aromatic heterocycles. The monoisotopic (exact) mass is 193 g/mol. The highest BCUT2D eigenvalue weighted by atomic mass is 16.3. The summed E-state index contributed by atoms with van der Waals surface area (Å²) in [6.07, 6.45) is 2.95. The molecule has 2 heterocycles. The summed E-state index contributed by atoms with van der Waals surface area (Å²) < 4.78 is 6.68. The molecule has 14 heavy (non-hydrogen) atoms. The molecule has 0 radical (unpaired) electrons. The minimum absolute atomic E-state index is 0.439. The van der Waals surface area contributed by atoms with Crippen molar-refractivity contribution in [1.29, 1.82) is 0 Å². The molecule has 5 nitrogen and oxygen atoms in total. The van der Waals surface area contributed by atoms with E-state index in [1.807, 2.05) is 6.07 Å². The van der Waals surface area contributed by atoms with E-state index in [2.05, 4.69) is 10.3 Å². The van der Waals surface area contributed by atoms with Gasteiger partial charge in [0.1, 0.15) is 11.9 Å². The van der Waals surface area contributed by atoms with Crippen LogP contribution in [-0.4, -0.2) is 20.1 Å². The molecule has 0 aliphatic rings. The largest absolute Gasteiger partial charge is 0.469 e. The Morgan fingerprint density at radius 2 is 2.50 bits per heavy atom. The second-order valence-corrected chi connectivity index (χ2v) is 3.08. The minimum atomic E-state index is -0.624. The van der Waals surface area contributed by atoms with Crippen LogP contribution in [0.1, 0.15) is 17.6 Å². The highest BCUT2D eigenvalue weighted by molar-refractivity contribution is 5.06. The fourth-order valence-electron chi connectivity index (χ4n) is 1.32. The molecule has 0 aromatic carbocycles. The molecule has 0 aliphatic heterocycles. The van der Waals surface area contributed by atoms with Gasteiger partial charge in [-0.3, -0.25) is 0 Å². The molecule has 0 aliphatic carbocycles. The molecule has 0 saturated carbocycles. The van der Waals surface area contributed by atoms with Crippen molar-refractivity contribution in [2.75, 3.05) is 0 Å². The predicted octanol–water partition coefficient (Wildman–Crippen LogP) is 0.684. The van der Waals surface area contributed by atoms with Crippen molar-refractivity contribution in [2.24, 2.45) is 7.05 Å². The van der Waals surface area contributed by atoms with Crippen molar-refractivity contribution in [1.82, 2.24) is 15.0 Å². The molecule has 0 bridgehead atoms. The lowest BCUT2D eigenvalue weighted by Gasteiger charge is -2.07. The zero-order valence-electron chi connectivity index (χ0n) is 7.79. The first-order chi connectivity index (χ1) is 6.77. The predicted molar refractivity (Wildman–Crippen MR) is 48.4 cm³/mol. The minimum Gasteiger partial charge on any atom is -0.469 e. The third kappa shape index (κ3) is 1.67. The molecule has 1 unspecified atom stereocenters. The Morgan fingerprint density at radius 3 is 3.07 bits per heavy atom. The molecule has 0 fully saturated rings. The maximum absolute atomic E-state index is 9.80. The van der Waals surface area contributed by atoms with Gasteiger partial charge in [-0.25, -0.2) is 4.68 Å². The van der Waals surface area contributed by atoms with Gasteiger partial charge in [0, 0.05) is 13.5 Å². The van der Waals surface area contributed by atoms with Gasteiger partial charge in [-0.15, -0.1) is 5.10 Å². The molecule has 74 valence electrons. The number of nitrogens with zero attached hydrogens (tertiary/aromatic N) is 3. The molecule has 0 saturated heterocycles. The van der Waals surface area contributed by atoms with Crippen LogP contribution >= 0.6 is 0 Å². The molecule has 2 rings (SSSR count). The highest BCUT2D eigenvalue weighted by Gasteiger charge is 2.14. The van der Waals surface area contributed by atoms with Crippen LogP contribution in [-0.2, 0) is 13.5 Å². The number of rotatable bonds is 3. The van der Waals surface area contributed by atoms with Gasteiger partial charge in [0.05, 0.1) is 18.2 Å². The molecule has 0 amide bonds. The lowest BCUT2D eigenvalue weighted by Crippen LogP contribution is -2.07. The van der Waals surface area contributed by atoms with Crippen molar-refractivity contribution in [3.8, 4) is 0 Å². The summed E-state index contributed by atoms with van der Waals surface area (Å²) in [5.74, 6) is 0.749. The summed E-state index contributed by atoms with van der Waals surface area (Å²) >= 11 is 0. The van der Waals surface area contributed by atoms with Crippen LogP contribution in [0.2, 0.25) is 0 Å². The van der Waals surface area contributed by atoms with Gasteiger partial charge in [0.25, 0.3) is 0 Å². The standard InChI is InChI=1S/C9H11N3O2/c1-12-8(6-10-11-12)9(13)5-7-3-2-4-14-7/h2-4,6,9,13H,5H2,1H3. The first-order valence-corrected chi connectivity index (χ1v) is 4.32. The number of aliphatic hydroxyl groups is 1. The van der Waals surface area contributed by atoms with Crippen molar-refractivity contribution in [2.45, 2.75) is 12.5 Å². The molecule has 1 N–H and O–H groups in total. The van der Waals surface area contributed by atoms with E-state index in [1.54, 1.807) is 30.3 Å². The van der Waals surface area contributed by atoms with Gasteiger partial charge >= 0.3 is 0 Å². The lowest BCUT2D eigenvalue weighted by molar-refractivity contribution is 0.161. The maximum atomic E-state index is 9.80. The highest BCUT2D eigenvalue weighted by Crippen LogP contribution is 2.16. The Kier molecular flexibility index (Phi) is 2.32. The Balaban J connectivity index is 2.10. The average molecular weight is 193 g/mol. The van der Waals surface area contributed by atoms with Crippen LogP contribution in [0, 0.1) is 0 Å². The average Bonchev–Trinajstić information content (AvgIpc) is 2.75. The van der Waals surface area contributed by atoms with E-state index in [4.69, 9.17) is 4.42 Å². The van der Waals surface area contributed by atoms with Crippen LogP contribution in [0.4, 0.5) is 0 Å². The van der Waals surface area contributed by atoms with Crippen LogP contribution in [0.3, 0.4) is 0 Å². The molecule has 1 atom stereocenters. The summed E-state index contributed by atoms with van der Waals surface area (Å²) in [6.45, 7) is 0. The van der Waals surface area contributed by atoms with E-state index in [0.717, 1.165) is 5.76 Å². The smallest absolute Gasteiger partial charge is 0.106 e. The summed E-state index contributed by atoms with van der Waals surface area (Å²) in [5.41, 5.74) is 0.682. The van der Waals surface area contributed by atoms with Crippen LogP contribution in [0.15, 0.2) is 29.0 Å². The molecular weight excluding hydrogens is 182 g/mol. The first kappa shape index (κ1) is 8.96. The lowest BCUT2D eigenvalue weighted by atomic mass is 10.1. The van der Waals surface area contributed by atoms with Crippen molar-refractivity contribution < 1.29 is 9.52 Å². The van der Waals surface area contributed by atoms with E-state index < -0.39 is 6.10 Å². The summed E-state index contributed by atoms with van der Waals surface area (Å²) in [5, 5.41) is 17.2. The second-order valence-electron chi connectivity index (χ2n) is 3.08. The summed E-state index contributed by atoms with van der Waals surface area (Å²) in [6, 6.07) is 3.62. The van der Waals surface area contributed by atoms with Crippen LogP contribution < -0.4 is 0 Å². The van der Waals surface area contributed by atoms with Crippen LogP contribution in [0.25, 0.3) is 0 Å². The van der Waals surface area contributed by atoms with E-state index in [-0.39, 0.29) is 0 Å². The number of aryl methyl sites for hydroxylation is 1. The van der Waals surface area contributed by atoms with Gasteiger partial charge < -0.3 is 9.52 Å². The quantitative estimate of drug-likeness (QED) is 0.778. The zero-order chi connectivity index (χ0) is 9.97. The SMILES string of the molecule is Cn1nncc1C(O)Cc1ccco1. The second kappa shape index (κ2) is 3.63. The third-order valence-electron chi connectivity index (χ3n) is 2.07. The Bertz CT molecular complexity index is 394.